The summed E-state index contributed by atoms with van der Waals surface area (Å²) in [6, 6.07) is 22.1. The van der Waals surface area contributed by atoms with Gasteiger partial charge in [-0.05, 0) is 36.4 Å². The zero-order valence-corrected chi connectivity index (χ0v) is 17.4. The van der Waals surface area contributed by atoms with E-state index in [4.69, 9.17) is 14.5 Å². The van der Waals surface area contributed by atoms with Crippen molar-refractivity contribution >= 4 is 34.2 Å². The topological polar surface area (TPSA) is 56.5 Å². The van der Waals surface area contributed by atoms with Crippen LogP contribution in [0.2, 0.25) is 0 Å². The van der Waals surface area contributed by atoms with E-state index in [0.717, 1.165) is 52.8 Å². The summed E-state index contributed by atoms with van der Waals surface area (Å²) in [6.07, 6.45) is 1.34. The lowest BCUT2D eigenvalue weighted by Crippen LogP contribution is -2.25. The van der Waals surface area contributed by atoms with Crippen LogP contribution in [-0.4, -0.2) is 34.0 Å². The number of halogens is 1. The molecular formula is C24H25ClN2O3. The third-order valence-electron chi connectivity index (χ3n) is 5.48. The molecule has 4 aromatic rings. The van der Waals surface area contributed by atoms with Crippen molar-refractivity contribution in [1.29, 1.82) is 0 Å². The van der Waals surface area contributed by atoms with Crippen molar-refractivity contribution in [2.45, 2.75) is 31.6 Å². The van der Waals surface area contributed by atoms with Crippen molar-refractivity contribution in [1.82, 2.24) is 9.55 Å². The Balaban J connectivity index is 0.00000218. The molecule has 0 radical (unpaired) electrons. The molecule has 1 N–H and O–H groups in total. The minimum absolute atomic E-state index is 0. The number of nitrogens with zero attached hydrogens (tertiary/aromatic N) is 2. The maximum absolute atomic E-state index is 10.8. The molecule has 2 heterocycles. The molecule has 2 unspecified atom stereocenters. The van der Waals surface area contributed by atoms with Gasteiger partial charge in [-0.2, -0.15) is 0 Å². The van der Waals surface area contributed by atoms with Crippen LogP contribution in [-0.2, 0) is 11.3 Å². The van der Waals surface area contributed by atoms with Crippen LogP contribution in [0.5, 0.6) is 5.75 Å². The van der Waals surface area contributed by atoms with Gasteiger partial charge in [0, 0.05) is 12.0 Å². The van der Waals surface area contributed by atoms with E-state index in [1.54, 1.807) is 0 Å². The lowest BCUT2D eigenvalue weighted by Gasteiger charge is -2.18. The lowest BCUT2D eigenvalue weighted by atomic mass is 10.1. The van der Waals surface area contributed by atoms with Crippen molar-refractivity contribution in [3.63, 3.8) is 0 Å². The smallest absolute Gasteiger partial charge is 0.139 e. The number of aromatic nitrogens is 2. The van der Waals surface area contributed by atoms with E-state index in [0.29, 0.717) is 6.54 Å². The number of aliphatic hydroxyl groups is 1. The van der Waals surface area contributed by atoms with E-state index >= 15 is 0 Å². The fourth-order valence-electron chi connectivity index (χ4n) is 4.08. The van der Waals surface area contributed by atoms with Crippen LogP contribution in [0.1, 0.15) is 24.8 Å². The Morgan fingerprint density at radius 3 is 2.73 bits per heavy atom. The van der Waals surface area contributed by atoms with Crippen molar-refractivity contribution in [3.05, 3.63) is 72.6 Å². The molecule has 5 nitrogen and oxygen atoms in total. The zero-order valence-electron chi connectivity index (χ0n) is 16.6. The summed E-state index contributed by atoms with van der Waals surface area (Å²) >= 11 is 0. The van der Waals surface area contributed by atoms with Crippen LogP contribution in [0.15, 0.2) is 66.7 Å². The van der Waals surface area contributed by atoms with Gasteiger partial charge in [-0.3, -0.25) is 0 Å². The lowest BCUT2D eigenvalue weighted by molar-refractivity contribution is 0.0810. The molecule has 3 aromatic carbocycles. The number of imidazole rings is 1. The quantitative estimate of drug-likeness (QED) is 0.478. The van der Waals surface area contributed by atoms with Gasteiger partial charge < -0.3 is 19.1 Å². The fourth-order valence-corrected chi connectivity index (χ4v) is 4.08. The highest BCUT2D eigenvalue weighted by atomic mass is 35.5. The maximum Gasteiger partial charge on any atom is 0.139 e. The molecule has 2 atom stereocenters. The summed E-state index contributed by atoms with van der Waals surface area (Å²) in [5, 5.41) is 12.9. The molecule has 5 rings (SSSR count). The zero-order chi connectivity index (χ0) is 19.6. The van der Waals surface area contributed by atoms with Gasteiger partial charge in [-0.1, -0.05) is 48.5 Å². The highest BCUT2D eigenvalue weighted by Crippen LogP contribution is 2.31. The molecule has 0 saturated carbocycles. The molecule has 6 heteroatoms. The molecule has 1 aliphatic heterocycles. The Morgan fingerprint density at radius 2 is 1.87 bits per heavy atom. The highest BCUT2D eigenvalue weighted by molar-refractivity contribution is 5.88. The van der Waals surface area contributed by atoms with Crippen LogP contribution in [0.4, 0.5) is 0 Å². The van der Waals surface area contributed by atoms with Crippen molar-refractivity contribution in [2.75, 3.05) is 13.2 Å². The van der Waals surface area contributed by atoms with Gasteiger partial charge in [-0.15, -0.1) is 12.4 Å². The van der Waals surface area contributed by atoms with E-state index in [1.165, 1.54) is 0 Å². The normalized spacial score (nSPS) is 17.2. The standard InChI is InChI=1S/C24H24N2O3.ClH/c27-18(16-29-22-12-5-8-17-7-1-2-9-19(17)22)15-26-21-11-4-3-10-20(21)25-24(26)23-13-6-14-28-23;/h1-5,7-12,18,23,27H,6,13-16H2;1H. The molecule has 1 saturated heterocycles. The molecule has 1 aliphatic rings. The van der Waals surface area contributed by atoms with Crippen molar-refractivity contribution in [3.8, 4) is 5.75 Å². The first kappa shape index (κ1) is 20.7. The van der Waals surface area contributed by atoms with E-state index in [9.17, 15) is 5.11 Å². The SMILES string of the molecule is Cl.OC(COc1cccc2ccccc12)Cn1c(C2CCCO2)nc2ccccc21. The van der Waals surface area contributed by atoms with Gasteiger partial charge in [0.25, 0.3) is 0 Å². The van der Waals surface area contributed by atoms with Crippen LogP contribution in [0.3, 0.4) is 0 Å². The highest BCUT2D eigenvalue weighted by Gasteiger charge is 2.25. The molecule has 0 bridgehead atoms. The van der Waals surface area contributed by atoms with E-state index < -0.39 is 6.10 Å². The second kappa shape index (κ2) is 9.04. The summed E-state index contributed by atoms with van der Waals surface area (Å²) in [5.74, 6) is 1.69. The number of fused-ring (bicyclic) bond motifs is 2. The van der Waals surface area contributed by atoms with Gasteiger partial charge in [0.05, 0.1) is 17.6 Å². The number of para-hydroxylation sites is 2. The van der Waals surface area contributed by atoms with Crippen LogP contribution >= 0.6 is 12.4 Å². The van der Waals surface area contributed by atoms with E-state index in [-0.39, 0.29) is 25.1 Å². The van der Waals surface area contributed by atoms with Gasteiger partial charge in [0.1, 0.15) is 30.4 Å². The summed E-state index contributed by atoms with van der Waals surface area (Å²) in [5.41, 5.74) is 1.95. The monoisotopic (exact) mass is 424 g/mol. The molecule has 1 aromatic heterocycles. The Kier molecular flexibility index (Phi) is 6.23. The molecule has 0 amide bonds. The Bertz CT molecular complexity index is 1130. The number of benzene rings is 3. The van der Waals surface area contributed by atoms with Crippen LogP contribution in [0, 0.1) is 0 Å². The van der Waals surface area contributed by atoms with Crippen molar-refractivity contribution < 1.29 is 14.6 Å². The molecular weight excluding hydrogens is 400 g/mol. The summed E-state index contributed by atoms with van der Waals surface area (Å²) in [4.78, 5) is 4.79. The molecule has 1 fully saturated rings. The number of hydrogen-bond donors (Lipinski definition) is 1. The average molecular weight is 425 g/mol. The summed E-state index contributed by atoms with van der Waals surface area (Å²) < 4.78 is 14.0. The Labute approximate surface area is 181 Å². The minimum Gasteiger partial charge on any atom is -0.490 e. The van der Waals surface area contributed by atoms with Gasteiger partial charge in [0.15, 0.2) is 0 Å². The average Bonchev–Trinajstić information content (AvgIpc) is 3.41. The Morgan fingerprint density at radius 1 is 1.07 bits per heavy atom. The van der Waals surface area contributed by atoms with E-state index in [1.807, 2.05) is 54.6 Å². The van der Waals surface area contributed by atoms with Gasteiger partial charge >= 0.3 is 0 Å². The number of ether oxygens (including phenoxy) is 2. The first-order chi connectivity index (χ1) is 14.3. The van der Waals surface area contributed by atoms with Crippen molar-refractivity contribution in [2.24, 2.45) is 0 Å². The second-order valence-corrected chi connectivity index (χ2v) is 7.51. The maximum atomic E-state index is 10.8. The van der Waals surface area contributed by atoms with Gasteiger partial charge in [0.2, 0.25) is 0 Å². The molecule has 0 spiro atoms. The van der Waals surface area contributed by atoms with E-state index in [2.05, 4.69) is 16.7 Å². The number of rotatable bonds is 6. The largest absolute Gasteiger partial charge is 0.490 e. The third-order valence-corrected chi connectivity index (χ3v) is 5.48. The summed E-state index contributed by atoms with van der Waals surface area (Å²) in [6.45, 7) is 1.40. The molecule has 30 heavy (non-hydrogen) atoms. The third kappa shape index (κ3) is 4.01. The first-order valence-electron chi connectivity index (χ1n) is 10.1. The Hall–Kier alpha value is -2.60. The fraction of sp³-hybridized carbons (Fsp3) is 0.292. The van der Waals surface area contributed by atoms with Crippen LogP contribution in [0.25, 0.3) is 21.8 Å². The molecule has 156 valence electrons. The minimum atomic E-state index is -0.660. The summed E-state index contributed by atoms with van der Waals surface area (Å²) in [7, 11) is 0. The second-order valence-electron chi connectivity index (χ2n) is 7.51. The predicted octanol–water partition coefficient (Wildman–Crippen LogP) is 4.90. The number of aliphatic hydroxyl groups excluding tert-OH is 1. The predicted molar refractivity (Wildman–Crippen MR) is 120 cm³/mol. The van der Waals surface area contributed by atoms with Crippen LogP contribution < -0.4 is 4.74 Å². The first-order valence-corrected chi connectivity index (χ1v) is 10.1. The van der Waals surface area contributed by atoms with Gasteiger partial charge in [-0.25, -0.2) is 4.98 Å². The molecule has 0 aliphatic carbocycles. The number of hydrogen-bond acceptors (Lipinski definition) is 4.